The van der Waals surface area contributed by atoms with Gasteiger partial charge in [-0.05, 0) is 25.3 Å². The van der Waals surface area contributed by atoms with Crippen molar-refractivity contribution in [2.45, 2.75) is 13.8 Å². The number of thiophene rings is 1. The summed E-state index contributed by atoms with van der Waals surface area (Å²) in [6.45, 7) is 6.54. The van der Waals surface area contributed by atoms with Crippen LogP contribution in [0.25, 0.3) is 10.2 Å². The van der Waals surface area contributed by atoms with E-state index in [0.717, 1.165) is 35.1 Å². The molecule has 0 unspecified atom stereocenters. The first-order valence-electron chi connectivity index (χ1n) is 6.15. The van der Waals surface area contributed by atoms with Crippen molar-refractivity contribution >= 4 is 33.3 Å². The van der Waals surface area contributed by atoms with Crippen molar-refractivity contribution in [2.24, 2.45) is 0 Å². The lowest BCUT2D eigenvalue weighted by Gasteiger charge is -2.19. The highest BCUT2D eigenvalue weighted by Gasteiger charge is 2.12. The molecule has 0 atom stereocenters. The van der Waals surface area contributed by atoms with Gasteiger partial charge in [-0.15, -0.1) is 11.3 Å². The summed E-state index contributed by atoms with van der Waals surface area (Å²) in [5, 5.41) is 14.1. The van der Waals surface area contributed by atoms with E-state index in [4.69, 9.17) is 5.11 Å². The lowest BCUT2D eigenvalue weighted by Crippen LogP contribution is -2.24. The second-order valence-corrected chi connectivity index (χ2v) is 4.75. The molecule has 0 aliphatic carbocycles. The third-order valence-electron chi connectivity index (χ3n) is 2.74. The van der Waals surface area contributed by atoms with Gasteiger partial charge in [0.15, 0.2) is 0 Å². The predicted octanol–water partition coefficient (Wildman–Crippen LogP) is 1.94. The quantitative estimate of drug-likeness (QED) is 0.836. The van der Waals surface area contributed by atoms with Gasteiger partial charge in [0.1, 0.15) is 5.82 Å². The van der Waals surface area contributed by atoms with Crippen LogP contribution in [0.5, 0.6) is 0 Å². The molecular weight excluding hydrogens is 248 g/mol. The molecule has 0 fully saturated rings. The van der Waals surface area contributed by atoms with E-state index in [1.165, 1.54) is 0 Å². The van der Waals surface area contributed by atoms with Gasteiger partial charge >= 0.3 is 0 Å². The van der Waals surface area contributed by atoms with E-state index < -0.39 is 0 Å². The van der Waals surface area contributed by atoms with Gasteiger partial charge in [-0.1, -0.05) is 0 Å². The van der Waals surface area contributed by atoms with Crippen LogP contribution in [0.4, 0.5) is 11.8 Å². The molecule has 0 saturated heterocycles. The number of fused-ring (bicyclic) bond motifs is 1. The van der Waals surface area contributed by atoms with E-state index in [-0.39, 0.29) is 6.61 Å². The Hall–Kier alpha value is -1.40. The molecule has 0 spiro atoms. The van der Waals surface area contributed by atoms with Gasteiger partial charge in [-0.3, -0.25) is 0 Å². The molecule has 5 nitrogen and oxygen atoms in total. The van der Waals surface area contributed by atoms with Crippen LogP contribution in [0, 0.1) is 0 Å². The third-order valence-corrected chi connectivity index (χ3v) is 3.65. The number of nitrogens with zero attached hydrogens (tertiary/aromatic N) is 3. The third kappa shape index (κ3) is 2.54. The highest BCUT2D eigenvalue weighted by Crippen LogP contribution is 2.28. The first-order valence-corrected chi connectivity index (χ1v) is 7.03. The number of hydrogen-bond acceptors (Lipinski definition) is 6. The Kier molecular flexibility index (Phi) is 4.33. The van der Waals surface area contributed by atoms with E-state index in [2.05, 4.69) is 34.0 Å². The molecule has 0 aliphatic rings. The molecule has 0 bridgehead atoms. The van der Waals surface area contributed by atoms with E-state index >= 15 is 0 Å². The summed E-state index contributed by atoms with van der Waals surface area (Å²) >= 11 is 1.61. The molecule has 2 aromatic rings. The molecule has 0 saturated carbocycles. The number of aliphatic hydroxyl groups is 1. The highest BCUT2D eigenvalue weighted by atomic mass is 32.1. The predicted molar refractivity (Wildman–Crippen MR) is 76.6 cm³/mol. The van der Waals surface area contributed by atoms with Crippen molar-refractivity contribution in [3.8, 4) is 0 Å². The minimum atomic E-state index is 0.0947. The Morgan fingerprint density at radius 1 is 1.33 bits per heavy atom. The second kappa shape index (κ2) is 5.97. The van der Waals surface area contributed by atoms with Crippen molar-refractivity contribution in [3.05, 3.63) is 11.4 Å². The normalized spacial score (nSPS) is 10.8. The molecule has 2 aromatic heterocycles. The van der Waals surface area contributed by atoms with Crippen LogP contribution < -0.4 is 10.2 Å². The molecule has 0 amide bonds. The van der Waals surface area contributed by atoms with Crippen LogP contribution in [0.2, 0.25) is 0 Å². The summed E-state index contributed by atoms with van der Waals surface area (Å²) < 4.78 is 1.04. The van der Waals surface area contributed by atoms with Crippen molar-refractivity contribution in [3.63, 3.8) is 0 Å². The molecule has 2 heterocycles. The van der Waals surface area contributed by atoms with E-state index in [9.17, 15) is 0 Å². The van der Waals surface area contributed by atoms with Gasteiger partial charge in [0, 0.05) is 19.6 Å². The Bertz CT molecular complexity index is 510. The molecule has 2 rings (SSSR count). The maximum atomic E-state index is 8.91. The SMILES string of the molecule is CCN(CC)c1nc(NCCO)c2sccc2n1. The molecule has 0 aromatic carbocycles. The largest absolute Gasteiger partial charge is 0.395 e. The number of aliphatic hydroxyl groups excluding tert-OH is 1. The maximum absolute atomic E-state index is 8.91. The Morgan fingerprint density at radius 2 is 2.11 bits per heavy atom. The van der Waals surface area contributed by atoms with Crippen LogP contribution in [-0.2, 0) is 0 Å². The van der Waals surface area contributed by atoms with Gasteiger partial charge < -0.3 is 15.3 Å². The van der Waals surface area contributed by atoms with Gasteiger partial charge in [-0.2, -0.15) is 4.98 Å². The van der Waals surface area contributed by atoms with Crippen LogP contribution in [-0.4, -0.2) is 41.3 Å². The smallest absolute Gasteiger partial charge is 0.227 e. The summed E-state index contributed by atoms with van der Waals surface area (Å²) in [5.41, 5.74) is 0.956. The average molecular weight is 266 g/mol. The molecule has 98 valence electrons. The summed E-state index contributed by atoms with van der Waals surface area (Å²) in [4.78, 5) is 11.2. The molecule has 18 heavy (non-hydrogen) atoms. The first-order chi connectivity index (χ1) is 8.80. The molecule has 2 N–H and O–H groups in total. The molecule has 0 aliphatic heterocycles. The van der Waals surface area contributed by atoms with Gasteiger partial charge in [-0.25, -0.2) is 4.98 Å². The Labute approximate surface area is 110 Å². The van der Waals surface area contributed by atoms with E-state index in [1.54, 1.807) is 11.3 Å². The topological polar surface area (TPSA) is 61.3 Å². The zero-order valence-corrected chi connectivity index (χ0v) is 11.5. The van der Waals surface area contributed by atoms with Gasteiger partial charge in [0.05, 0.1) is 16.8 Å². The van der Waals surface area contributed by atoms with Crippen LogP contribution in [0.3, 0.4) is 0 Å². The van der Waals surface area contributed by atoms with E-state index in [0.29, 0.717) is 6.54 Å². The number of rotatable bonds is 6. The monoisotopic (exact) mass is 266 g/mol. The van der Waals surface area contributed by atoms with Crippen LogP contribution >= 0.6 is 11.3 Å². The van der Waals surface area contributed by atoms with Gasteiger partial charge in [0.2, 0.25) is 5.95 Å². The molecule has 6 heteroatoms. The number of anilines is 2. The lowest BCUT2D eigenvalue weighted by molar-refractivity contribution is 0.311. The zero-order valence-electron chi connectivity index (χ0n) is 10.7. The van der Waals surface area contributed by atoms with Crippen molar-refractivity contribution < 1.29 is 5.11 Å². The fourth-order valence-electron chi connectivity index (χ4n) is 1.79. The van der Waals surface area contributed by atoms with Crippen LogP contribution in [0.15, 0.2) is 11.4 Å². The Balaban J connectivity index is 2.42. The first kappa shape index (κ1) is 13.0. The standard InChI is InChI=1S/C12H18N4OS/c1-3-16(4-2)12-14-9-5-8-18-10(9)11(15-12)13-6-7-17/h5,8,17H,3-4,6-7H2,1-2H3,(H,13,14,15). The fourth-order valence-corrected chi connectivity index (χ4v) is 2.59. The summed E-state index contributed by atoms with van der Waals surface area (Å²) in [7, 11) is 0. The second-order valence-electron chi connectivity index (χ2n) is 3.83. The zero-order chi connectivity index (χ0) is 13.0. The number of hydrogen-bond donors (Lipinski definition) is 2. The minimum absolute atomic E-state index is 0.0947. The average Bonchev–Trinajstić information content (AvgIpc) is 2.85. The minimum Gasteiger partial charge on any atom is -0.395 e. The van der Waals surface area contributed by atoms with E-state index in [1.807, 2.05) is 11.4 Å². The van der Waals surface area contributed by atoms with Crippen molar-refractivity contribution in [1.82, 2.24) is 9.97 Å². The fraction of sp³-hybridized carbons (Fsp3) is 0.500. The summed E-state index contributed by atoms with van der Waals surface area (Å²) in [6.07, 6.45) is 0. The number of nitrogens with one attached hydrogen (secondary N) is 1. The molecule has 0 radical (unpaired) electrons. The molecular formula is C12H18N4OS. The maximum Gasteiger partial charge on any atom is 0.227 e. The summed E-state index contributed by atoms with van der Waals surface area (Å²) in [6, 6.07) is 2.00. The lowest BCUT2D eigenvalue weighted by atomic mass is 10.4. The van der Waals surface area contributed by atoms with Crippen molar-refractivity contribution in [2.75, 3.05) is 36.5 Å². The number of aromatic nitrogens is 2. The Morgan fingerprint density at radius 3 is 2.78 bits per heavy atom. The summed E-state index contributed by atoms with van der Waals surface area (Å²) in [5.74, 6) is 1.55. The van der Waals surface area contributed by atoms with Gasteiger partial charge in [0.25, 0.3) is 0 Å². The highest BCUT2D eigenvalue weighted by molar-refractivity contribution is 7.17. The van der Waals surface area contributed by atoms with Crippen molar-refractivity contribution in [1.29, 1.82) is 0 Å². The van der Waals surface area contributed by atoms with Crippen LogP contribution in [0.1, 0.15) is 13.8 Å².